The summed E-state index contributed by atoms with van der Waals surface area (Å²) >= 11 is 0. The molecule has 39 heavy (non-hydrogen) atoms. The van der Waals surface area contributed by atoms with Gasteiger partial charge in [0.25, 0.3) is 0 Å². The summed E-state index contributed by atoms with van der Waals surface area (Å²) in [5, 5.41) is 0. The third kappa shape index (κ3) is 6.53. The van der Waals surface area contributed by atoms with E-state index >= 15 is 0 Å². The summed E-state index contributed by atoms with van der Waals surface area (Å²) in [5.41, 5.74) is 16.2. The van der Waals surface area contributed by atoms with Gasteiger partial charge < -0.3 is 25.5 Å². The highest BCUT2D eigenvalue weighted by atomic mass is 19.1. The van der Waals surface area contributed by atoms with E-state index in [1.165, 1.54) is 24.3 Å². The normalized spacial score (nSPS) is 15.9. The molecule has 1 saturated heterocycles. The third-order valence-electron chi connectivity index (χ3n) is 7.39. The fraction of sp³-hybridized carbons (Fsp3) is 0.433. The number of nitrogen functional groups attached to an aromatic ring is 2. The molecule has 0 atom stereocenters. The van der Waals surface area contributed by atoms with E-state index in [0.29, 0.717) is 28.3 Å². The first-order chi connectivity index (χ1) is 18.1. The number of benzene rings is 2. The molecule has 6 nitrogen and oxygen atoms in total. The van der Waals surface area contributed by atoms with Gasteiger partial charge in [0.15, 0.2) is 0 Å². The zero-order valence-electron chi connectivity index (χ0n) is 24.4. The number of ether oxygens (including phenoxy) is 1. The number of nitrogens with two attached hydrogens (primary N) is 2. The third-order valence-corrected chi connectivity index (χ3v) is 7.39. The SMILES string of the molecule is CC(C)c1cc(F)cc(B2OC(C)(C)C(C)(C)O2)c1N.COc1ccc(-c2cc(F)cc(C(C)C)c2N)cn1. The van der Waals surface area contributed by atoms with Crippen LogP contribution in [0.5, 0.6) is 5.88 Å². The van der Waals surface area contributed by atoms with Crippen molar-refractivity contribution in [3.63, 3.8) is 0 Å². The number of pyridine rings is 1. The minimum Gasteiger partial charge on any atom is -0.481 e. The van der Waals surface area contributed by atoms with E-state index in [2.05, 4.69) is 4.98 Å². The fourth-order valence-electron chi connectivity index (χ4n) is 4.32. The van der Waals surface area contributed by atoms with Crippen LogP contribution in [0, 0.1) is 11.6 Å². The van der Waals surface area contributed by atoms with E-state index in [1.54, 1.807) is 19.4 Å². The van der Waals surface area contributed by atoms with Crippen molar-refractivity contribution in [3.05, 3.63) is 65.4 Å². The molecule has 0 aliphatic carbocycles. The quantitative estimate of drug-likeness (QED) is 0.287. The van der Waals surface area contributed by atoms with E-state index in [0.717, 1.165) is 16.7 Å². The molecule has 3 aromatic rings. The summed E-state index contributed by atoms with van der Waals surface area (Å²) in [5.74, 6) is 0.228. The molecule has 4 rings (SSSR count). The van der Waals surface area contributed by atoms with Crippen LogP contribution in [-0.4, -0.2) is 30.4 Å². The fourth-order valence-corrected chi connectivity index (χ4v) is 4.32. The molecule has 4 N–H and O–H groups in total. The molecule has 1 aliphatic rings. The lowest BCUT2D eigenvalue weighted by molar-refractivity contribution is 0.00578. The van der Waals surface area contributed by atoms with Crippen LogP contribution in [-0.2, 0) is 9.31 Å². The maximum absolute atomic E-state index is 13.8. The van der Waals surface area contributed by atoms with Crippen LogP contribution < -0.4 is 21.7 Å². The standard InChI is InChI=1S/C15H23BFNO2.C15H17FN2O/c1-9(2)11-7-10(17)8-12(13(11)18)16-19-14(3,4)15(5,6)20-16;1-9(2)12-6-11(16)7-13(15(12)17)10-4-5-14(19-3)18-8-10/h7-9H,18H2,1-6H3;4-9H,17H2,1-3H3. The Morgan fingerprint density at radius 3 is 1.79 bits per heavy atom. The summed E-state index contributed by atoms with van der Waals surface area (Å²) < 4.78 is 44.4. The van der Waals surface area contributed by atoms with Crippen molar-refractivity contribution in [1.82, 2.24) is 4.98 Å². The highest BCUT2D eigenvalue weighted by Crippen LogP contribution is 2.37. The first-order valence-electron chi connectivity index (χ1n) is 13.1. The van der Waals surface area contributed by atoms with Gasteiger partial charge in [-0.05, 0) is 81.0 Å². The molecule has 1 aromatic heterocycles. The summed E-state index contributed by atoms with van der Waals surface area (Å²) in [6.45, 7) is 15.8. The van der Waals surface area contributed by atoms with Gasteiger partial charge in [0.2, 0.25) is 5.88 Å². The minimum absolute atomic E-state index is 0.145. The maximum Gasteiger partial charge on any atom is 0.497 e. The van der Waals surface area contributed by atoms with E-state index in [-0.39, 0.29) is 23.5 Å². The Kier molecular flexibility index (Phi) is 8.97. The molecule has 0 spiro atoms. The monoisotopic (exact) mass is 539 g/mol. The molecule has 1 aliphatic heterocycles. The molecular weight excluding hydrogens is 499 g/mol. The Bertz CT molecular complexity index is 1300. The van der Waals surface area contributed by atoms with Gasteiger partial charge in [-0.3, -0.25) is 0 Å². The van der Waals surface area contributed by atoms with Crippen molar-refractivity contribution in [1.29, 1.82) is 0 Å². The summed E-state index contributed by atoms with van der Waals surface area (Å²) in [6, 6.07) is 9.36. The van der Waals surface area contributed by atoms with Crippen molar-refractivity contribution in [2.45, 2.75) is 78.4 Å². The van der Waals surface area contributed by atoms with Crippen molar-refractivity contribution < 1.29 is 22.8 Å². The van der Waals surface area contributed by atoms with E-state index in [9.17, 15) is 8.78 Å². The minimum atomic E-state index is -0.631. The van der Waals surface area contributed by atoms with Gasteiger partial charge in [-0.2, -0.15) is 0 Å². The Hall–Kier alpha value is -3.17. The Morgan fingerprint density at radius 2 is 1.33 bits per heavy atom. The van der Waals surface area contributed by atoms with Crippen molar-refractivity contribution in [2.75, 3.05) is 18.6 Å². The van der Waals surface area contributed by atoms with Crippen LogP contribution in [0.4, 0.5) is 20.2 Å². The number of hydrogen-bond acceptors (Lipinski definition) is 6. The largest absolute Gasteiger partial charge is 0.497 e. The van der Waals surface area contributed by atoms with Gasteiger partial charge in [-0.15, -0.1) is 0 Å². The Morgan fingerprint density at radius 1 is 0.821 bits per heavy atom. The topological polar surface area (TPSA) is 92.6 Å². The highest BCUT2D eigenvalue weighted by molar-refractivity contribution is 6.64. The number of halogens is 2. The van der Waals surface area contributed by atoms with Crippen LogP contribution in [0.2, 0.25) is 0 Å². The number of anilines is 2. The zero-order chi connectivity index (χ0) is 29.3. The summed E-state index contributed by atoms with van der Waals surface area (Å²) in [4.78, 5) is 4.12. The molecule has 2 aromatic carbocycles. The lowest BCUT2D eigenvalue weighted by Gasteiger charge is -2.32. The number of nitrogens with zero attached hydrogens (tertiary/aromatic N) is 1. The van der Waals surface area contributed by atoms with Gasteiger partial charge in [0.05, 0.1) is 18.3 Å². The maximum atomic E-state index is 13.8. The van der Waals surface area contributed by atoms with Gasteiger partial charge in [-0.25, -0.2) is 13.8 Å². The van der Waals surface area contributed by atoms with Gasteiger partial charge in [0, 0.05) is 40.2 Å². The second-order valence-electron chi connectivity index (χ2n) is 11.4. The molecule has 0 bridgehead atoms. The number of aromatic nitrogens is 1. The molecule has 210 valence electrons. The van der Waals surface area contributed by atoms with Gasteiger partial charge in [-0.1, -0.05) is 27.7 Å². The lowest BCUT2D eigenvalue weighted by Crippen LogP contribution is -2.41. The van der Waals surface area contributed by atoms with Crippen LogP contribution >= 0.6 is 0 Å². The Balaban J connectivity index is 0.000000216. The number of hydrogen-bond donors (Lipinski definition) is 2. The summed E-state index contributed by atoms with van der Waals surface area (Å²) in [7, 11) is 0.920. The van der Waals surface area contributed by atoms with E-state index in [1.807, 2.05) is 61.5 Å². The second kappa shape index (κ2) is 11.5. The van der Waals surface area contributed by atoms with Crippen molar-refractivity contribution in [3.8, 4) is 17.0 Å². The highest BCUT2D eigenvalue weighted by Gasteiger charge is 2.52. The molecule has 9 heteroatoms. The molecule has 1 fully saturated rings. The first-order valence-corrected chi connectivity index (χ1v) is 13.1. The van der Waals surface area contributed by atoms with Crippen LogP contribution in [0.15, 0.2) is 42.6 Å². The number of rotatable bonds is 5. The van der Waals surface area contributed by atoms with Gasteiger partial charge in [0.1, 0.15) is 11.6 Å². The van der Waals surface area contributed by atoms with E-state index in [4.69, 9.17) is 25.5 Å². The Labute approximate surface area is 231 Å². The lowest BCUT2D eigenvalue weighted by atomic mass is 9.76. The molecule has 0 unspecified atom stereocenters. The average Bonchev–Trinajstić information content (AvgIpc) is 3.08. The second-order valence-corrected chi connectivity index (χ2v) is 11.4. The molecular formula is C30H40BF2N3O3. The number of methoxy groups -OCH3 is 1. The molecule has 0 saturated carbocycles. The van der Waals surface area contributed by atoms with Gasteiger partial charge >= 0.3 is 7.12 Å². The predicted molar refractivity (Wildman–Crippen MR) is 155 cm³/mol. The smallest absolute Gasteiger partial charge is 0.481 e. The molecule has 0 amide bonds. The zero-order valence-corrected chi connectivity index (χ0v) is 24.4. The van der Waals surface area contributed by atoms with E-state index < -0.39 is 18.3 Å². The average molecular weight is 539 g/mol. The van der Waals surface area contributed by atoms with Crippen LogP contribution in [0.25, 0.3) is 11.1 Å². The van der Waals surface area contributed by atoms with Crippen molar-refractivity contribution in [2.24, 2.45) is 0 Å². The van der Waals surface area contributed by atoms with Crippen molar-refractivity contribution >= 4 is 24.0 Å². The van der Waals surface area contributed by atoms with Crippen LogP contribution in [0.3, 0.4) is 0 Å². The molecule has 2 heterocycles. The first kappa shape index (κ1) is 30.4. The van der Waals surface area contributed by atoms with Crippen LogP contribution in [0.1, 0.15) is 78.4 Å². The summed E-state index contributed by atoms with van der Waals surface area (Å²) in [6.07, 6.45) is 1.63. The predicted octanol–water partition coefficient (Wildman–Crippen LogP) is 6.43. The molecule has 0 radical (unpaired) electrons.